The molecule has 2 rings (SSSR count). The molecule has 0 saturated heterocycles. The molecule has 1 aromatic heterocycles. The quantitative estimate of drug-likeness (QED) is 0.795. The van der Waals surface area contributed by atoms with Crippen LogP contribution in [-0.2, 0) is 11.2 Å². The van der Waals surface area contributed by atoms with Crippen molar-refractivity contribution in [2.75, 3.05) is 6.54 Å². The van der Waals surface area contributed by atoms with Crippen LogP contribution in [0.5, 0.6) is 0 Å². The van der Waals surface area contributed by atoms with Crippen LogP contribution >= 0.6 is 0 Å². The maximum atomic E-state index is 11.9. The van der Waals surface area contributed by atoms with Gasteiger partial charge in [-0.15, -0.1) is 0 Å². The summed E-state index contributed by atoms with van der Waals surface area (Å²) in [4.78, 5) is 16.1. The number of nitrogens with one attached hydrogen (secondary N) is 1. The van der Waals surface area contributed by atoms with Gasteiger partial charge in [0.25, 0.3) is 0 Å². The first-order chi connectivity index (χ1) is 8.64. The van der Waals surface area contributed by atoms with Crippen LogP contribution in [0.1, 0.15) is 31.9 Å². The molecule has 1 unspecified atom stereocenters. The monoisotopic (exact) mass is 247 g/mol. The molecule has 0 bridgehead atoms. The Bertz CT molecular complexity index is 403. The summed E-state index contributed by atoms with van der Waals surface area (Å²) in [5.41, 5.74) is 6.51. The van der Waals surface area contributed by atoms with Gasteiger partial charge >= 0.3 is 0 Å². The molecule has 0 aromatic carbocycles. The van der Waals surface area contributed by atoms with Crippen molar-refractivity contribution in [3.05, 3.63) is 30.1 Å². The fourth-order valence-corrected chi connectivity index (χ4v) is 2.21. The zero-order chi connectivity index (χ0) is 13.0. The van der Waals surface area contributed by atoms with Gasteiger partial charge < -0.3 is 11.1 Å². The van der Waals surface area contributed by atoms with E-state index in [2.05, 4.69) is 10.3 Å². The highest BCUT2D eigenvalue weighted by molar-refractivity contribution is 5.77. The lowest BCUT2D eigenvalue weighted by Crippen LogP contribution is -2.53. The summed E-state index contributed by atoms with van der Waals surface area (Å²) in [6.07, 6.45) is 5.25. The maximum Gasteiger partial charge on any atom is 0.220 e. The minimum absolute atomic E-state index is 0.0699. The molecule has 98 valence electrons. The van der Waals surface area contributed by atoms with Gasteiger partial charge in [-0.1, -0.05) is 6.07 Å². The number of aryl methyl sites for hydroxylation is 1. The Morgan fingerprint density at radius 1 is 1.56 bits per heavy atom. The molecule has 0 aliphatic heterocycles. The number of nitrogens with two attached hydrogens (primary N) is 1. The van der Waals surface area contributed by atoms with Gasteiger partial charge in [0, 0.05) is 24.9 Å². The first kappa shape index (κ1) is 13.0. The summed E-state index contributed by atoms with van der Waals surface area (Å²) in [6, 6.07) is 5.76. The molecule has 1 saturated carbocycles. The van der Waals surface area contributed by atoms with Crippen molar-refractivity contribution in [1.82, 2.24) is 10.3 Å². The van der Waals surface area contributed by atoms with E-state index in [0.717, 1.165) is 5.69 Å². The predicted molar refractivity (Wildman–Crippen MR) is 70.9 cm³/mol. The van der Waals surface area contributed by atoms with Gasteiger partial charge in [0.05, 0.1) is 5.54 Å². The predicted octanol–water partition coefficient (Wildman–Crippen LogP) is 1.26. The van der Waals surface area contributed by atoms with Crippen molar-refractivity contribution in [3.8, 4) is 0 Å². The lowest BCUT2D eigenvalue weighted by molar-refractivity contribution is -0.123. The van der Waals surface area contributed by atoms with Gasteiger partial charge in [-0.3, -0.25) is 9.78 Å². The zero-order valence-electron chi connectivity index (χ0n) is 10.9. The van der Waals surface area contributed by atoms with E-state index < -0.39 is 0 Å². The highest BCUT2D eigenvalue weighted by Gasteiger charge is 2.41. The number of rotatable bonds is 6. The van der Waals surface area contributed by atoms with Crippen LogP contribution in [0.15, 0.2) is 24.4 Å². The standard InChI is InChI=1S/C14H21N3O/c1-14(10-15,11-5-6-11)17-13(18)8-7-12-4-2-3-9-16-12/h2-4,9,11H,5-8,10,15H2,1H3,(H,17,18). The van der Waals surface area contributed by atoms with Gasteiger partial charge in [-0.25, -0.2) is 0 Å². The lowest BCUT2D eigenvalue weighted by Gasteiger charge is -2.29. The van der Waals surface area contributed by atoms with E-state index in [1.54, 1.807) is 6.20 Å². The molecule has 4 nitrogen and oxygen atoms in total. The maximum absolute atomic E-state index is 11.9. The van der Waals surface area contributed by atoms with E-state index in [1.807, 2.05) is 25.1 Å². The third kappa shape index (κ3) is 3.29. The van der Waals surface area contributed by atoms with E-state index in [4.69, 9.17) is 5.73 Å². The molecule has 18 heavy (non-hydrogen) atoms. The molecule has 1 aromatic rings. The van der Waals surface area contributed by atoms with Crippen molar-refractivity contribution < 1.29 is 4.79 Å². The van der Waals surface area contributed by atoms with Gasteiger partial charge in [0.1, 0.15) is 0 Å². The molecule has 0 radical (unpaired) electrons. The minimum Gasteiger partial charge on any atom is -0.349 e. The Balaban J connectivity index is 1.81. The lowest BCUT2D eigenvalue weighted by atomic mass is 9.95. The van der Waals surface area contributed by atoms with E-state index in [1.165, 1.54) is 12.8 Å². The van der Waals surface area contributed by atoms with Gasteiger partial charge in [0.2, 0.25) is 5.91 Å². The first-order valence-electron chi connectivity index (χ1n) is 6.55. The number of carbonyl (C=O) groups is 1. The van der Waals surface area contributed by atoms with E-state index in [9.17, 15) is 4.79 Å². The van der Waals surface area contributed by atoms with Crippen LogP contribution in [-0.4, -0.2) is 23.0 Å². The van der Waals surface area contributed by atoms with Crippen LogP contribution in [0.25, 0.3) is 0 Å². The number of nitrogens with zero attached hydrogens (tertiary/aromatic N) is 1. The molecule has 1 amide bonds. The number of amides is 1. The fraction of sp³-hybridized carbons (Fsp3) is 0.571. The minimum atomic E-state index is -0.221. The topological polar surface area (TPSA) is 68.0 Å². The van der Waals surface area contributed by atoms with Gasteiger partial charge in [0.15, 0.2) is 0 Å². The van der Waals surface area contributed by atoms with Crippen molar-refractivity contribution in [3.63, 3.8) is 0 Å². The third-order valence-electron chi connectivity index (χ3n) is 3.66. The number of aromatic nitrogens is 1. The second-order valence-corrected chi connectivity index (χ2v) is 5.27. The average Bonchev–Trinajstić information content (AvgIpc) is 3.22. The summed E-state index contributed by atoms with van der Waals surface area (Å²) < 4.78 is 0. The SMILES string of the molecule is CC(CN)(NC(=O)CCc1ccccn1)C1CC1. The molecule has 4 heteroatoms. The molecule has 3 N–H and O–H groups in total. The zero-order valence-corrected chi connectivity index (χ0v) is 10.9. The summed E-state index contributed by atoms with van der Waals surface area (Å²) in [7, 11) is 0. The Labute approximate surface area is 108 Å². The summed E-state index contributed by atoms with van der Waals surface area (Å²) >= 11 is 0. The third-order valence-corrected chi connectivity index (χ3v) is 3.66. The summed E-state index contributed by atoms with van der Waals surface area (Å²) in [5.74, 6) is 0.627. The number of hydrogen-bond donors (Lipinski definition) is 2. The van der Waals surface area contributed by atoms with E-state index in [0.29, 0.717) is 25.3 Å². The van der Waals surface area contributed by atoms with Gasteiger partial charge in [-0.2, -0.15) is 0 Å². The number of carbonyl (C=O) groups excluding carboxylic acids is 1. The summed E-state index contributed by atoms with van der Waals surface area (Å²) in [5, 5.41) is 3.08. The molecule has 1 heterocycles. The Hall–Kier alpha value is -1.42. The largest absolute Gasteiger partial charge is 0.349 e. The van der Waals surface area contributed by atoms with Crippen LogP contribution in [0.2, 0.25) is 0 Å². The molecular weight excluding hydrogens is 226 g/mol. The van der Waals surface area contributed by atoms with Gasteiger partial charge in [-0.05, 0) is 44.2 Å². The smallest absolute Gasteiger partial charge is 0.220 e. The average molecular weight is 247 g/mol. The Morgan fingerprint density at radius 2 is 2.33 bits per heavy atom. The van der Waals surface area contributed by atoms with Crippen molar-refractivity contribution in [2.45, 2.75) is 38.1 Å². The highest BCUT2D eigenvalue weighted by Crippen LogP contribution is 2.38. The molecule has 0 spiro atoms. The first-order valence-corrected chi connectivity index (χ1v) is 6.55. The van der Waals surface area contributed by atoms with Crippen LogP contribution in [0.4, 0.5) is 0 Å². The summed E-state index contributed by atoms with van der Waals surface area (Å²) in [6.45, 7) is 2.55. The van der Waals surface area contributed by atoms with Crippen molar-refractivity contribution in [2.24, 2.45) is 11.7 Å². The molecule has 1 aliphatic rings. The van der Waals surface area contributed by atoms with E-state index in [-0.39, 0.29) is 11.4 Å². The Kier molecular flexibility index (Phi) is 3.97. The highest BCUT2D eigenvalue weighted by atomic mass is 16.1. The van der Waals surface area contributed by atoms with Crippen LogP contribution in [0.3, 0.4) is 0 Å². The van der Waals surface area contributed by atoms with Crippen LogP contribution < -0.4 is 11.1 Å². The van der Waals surface area contributed by atoms with Crippen LogP contribution in [0, 0.1) is 5.92 Å². The second-order valence-electron chi connectivity index (χ2n) is 5.27. The molecule has 1 aliphatic carbocycles. The normalized spacial score (nSPS) is 18.1. The van der Waals surface area contributed by atoms with Crippen molar-refractivity contribution in [1.29, 1.82) is 0 Å². The Morgan fingerprint density at radius 3 is 2.89 bits per heavy atom. The molecule has 1 fully saturated rings. The number of hydrogen-bond acceptors (Lipinski definition) is 3. The van der Waals surface area contributed by atoms with E-state index >= 15 is 0 Å². The number of pyridine rings is 1. The molecular formula is C14H21N3O. The second kappa shape index (κ2) is 5.48. The molecule has 1 atom stereocenters. The van der Waals surface area contributed by atoms with Crippen molar-refractivity contribution >= 4 is 5.91 Å². The fourth-order valence-electron chi connectivity index (χ4n) is 2.21.